The Kier molecular flexibility index (Phi) is 3.02. The van der Waals surface area contributed by atoms with Crippen LogP contribution in [0.3, 0.4) is 0 Å². The van der Waals surface area contributed by atoms with Crippen LogP contribution in [0.5, 0.6) is 0 Å². The number of nitrogens with zero attached hydrogens (tertiary/aromatic N) is 3. The molecule has 2 heterocycles. The molecule has 0 bridgehead atoms. The van der Waals surface area contributed by atoms with Crippen LogP contribution in [-0.4, -0.2) is 31.1 Å². The summed E-state index contributed by atoms with van der Waals surface area (Å²) in [6.07, 6.45) is 1.19. The van der Waals surface area contributed by atoms with Crippen LogP contribution >= 0.6 is 0 Å². The molecule has 0 saturated carbocycles. The number of carbonyl (C=O) groups is 1. The molecule has 94 valence electrons. The lowest BCUT2D eigenvalue weighted by atomic mass is 10.3. The monoisotopic (exact) mass is 266 g/mol. The van der Waals surface area contributed by atoms with Gasteiger partial charge in [-0.1, -0.05) is 0 Å². The average Bonchev–Trinajstić information content (AvgIpc) is 2.71. The summed E-state index contributed by atoms with van der Waals surface area (Å²) < 4.78 is 22.4. The van der Waals surface area contributed by atoms with Crippen molar-refractivity contribution in [3.63, 3.8) is 0 Å². The number of primary sulfonamides is 1. The highest BCUT2D eigenvalue weighted by Gasteiger charge is 2.37. The molecule has 1 amide bonds. The largest absolute Gasteiger partial charge is 0.295 e. The van der Waals surface area contributed by atoms with Gasteiger partial charge in [0.1, 0.15) is 17.1 Å². The molecule has 2 N–H and O–H groups in total. The number of nitriles is 1. The van der Waals surface area contributed by atoms with Crippen molar-refractivity contribution in [2.24, 2.45) is 5.14 Å². The minimum absolute atomic E-state index is 0.00341. The molecule has 1 aliphatic rings. The Morgan fingerprint density at radius 2 is 2.22 bits per heavy atom. The second-order valence-electron chi connectivity index (χ2n) is 3.94. The standard InChI is InChI=1S/C10H10N4O3S/c11-4-7-1-2-9(13-5-7)14-6-8(3-10(14)15)18(12,16)17/h1-2,5,8H,3,6H2,(H2,12,16,17). The fourth-order valence-electron chi connectivity index (χ4n) is 1.73. The van der Waals surface area contributed by atoms with E-state index in [9.17, 15) is 13.2 Å². The van der Waals surface area contributed by atoms with Gasteiger partial charge in [0.25, 0.3) is 0 Å². The van der Waals surface area contributed by atoms with Gasteiger partial charge in [-0.3, -0.25) is 9.69 Å². The molecule has 0 radical (unpaired) electrons. The number of sulfonamides is 1. The van der Waals surface area contributed by atoms with E-state index < -0.39 is 15.3 Å². The molecular formula is C10H10N4O3S. The Morgan fingerprint density at radius 3 is 2.67 bits per heavy atom. The van der Waals surface area contributed by atoms with Crippen molar-refractivity contribution in [1.29, 1.82) is 5.26 Å². The molecule has 1 aromatic rings. The van der Waals surface area contributed by atoms with Gasteiger partial charge in [0.15, 0.2) is 0 Å². The van der Waals surface area contributed by atoms with Gasteiger partial charge in [0.05, 0.1) is 5.56 Å². The van der Waals surface area contributed by atoms with Crippen LogP contribution < -0.4 is 10.0 Å². The molecular weight excluding hydrogens is 256 g/mol. The van der Waals surface area contributed by atoms with Crippen molar-refractivity contribution in [1.82, 2.24) is 4.98 Å². The van der Waals surface area contributed by atoms with Crippen molar-refractivity contribution >= 4 is 21.7 Å². The number of pyridine rings is 1. The first-order chi connectivity index (χ1) is 8.41. The highest BCUT2D eigenvalue weighted by Crippen LogP contribution is 2.22. The number of carbonyl (C=O) groups excluding carboxylic acids is 1. The molecule has 0 spiro atoms. The third-order valence-corrected chi connectivity index (χ3v) is 3.95. The summed E-state index contributed by atoms with van der Waals surface area (Å²) in [4.78, 5) is 16.9. The lowest BCUT2D eigenvalue weighted by molar-refractivity contribution is -0.117. The van der Waals surface area contributed by atoms with Gasteiger partial charge in [-0.25, -0.2) is 18.5 Å². The summed E-state index contributed by atoms with van der Waals surface area (Å²) in [6.45, 7) is -0.00341. The first kappa shape index (κ1) is 12.5. The Balaban J connectivity index is 2.25. The maximum absolute atomic E-state index is 11.7. The second-order valence-corrected chi connectivity index (χ2v) is 5.78. The van der Waals surface area contributed by atoms with E-state index in [0.29, 0.717) is 11.4 Å². The molecule has 1 saturated heterocycles. The summed E-state index contributed by atoms with van der Waals surface area (Å²) in [6, 6.07) is 4.92. The van der Waals surface area contributed by atoms with Gasteiger partial charge < -0.3 is 0 Å². The van der Waals surface area contributed by atoms with Crippen LogP contribution in [0.15, 0.2) is 18.3 Å². The summed E-state index contributed by atoms with van der Waals surface area (Å²) >= 11 is 0. The van der Waals surface area contributed by atoms with E-state index in [4.69, 9.17) is 10.4 Å². The molecule has 0 aromatic carbocycles. The van der Waals surface area contributed by atoms with Crippen molar-refractivity contribution in [3.05, 3.63) is 23.9 Å². The van der Waals surface area contributed by atoms with E-state index in [0.717, 1.165) is 0 Å². The average molecular weight is 266 g/mol. The minimum Gasteiger partial charge on any atom is -0.295 e. The van der Waals surface area contributed by atoms with Crippen molar-refractivity contribution in [2.75, 3.05) is 11.4 Å². The van der Waals surface area contributed by atoms with Gasteiger partial charge in [-0.15, -0.1) is 0 Å². The van der Waals surface area contributed by atoms with Crippen LogP contribution in [0.4, 0.5) is 5.82 Å². The van der Waals surface area contributed by atoms with Crippen LogP contribution in [-0.2, 0) is 14.8 Å². The van der Waals surface area contributed by atoms with E-state index in [-0.39, 0.29) is 18.9 Å². The molecule has 18 heavy (non-hydrogen) atoms. The summed E-state index contributed by atoms with van der Waals surface area (Å²) in [7, 11) is -3.73. The number of rotatable bonds is 2. The normalized spacial score (nSPS) is 19.9. The quantitative estimate of drug-likeness (QED) is 0.763. The molecule has 1 fully saturated rings. The highest BCUT2D eigenvalue weighted by molar-refractivity contribution is 7.89. The highest BCUT2D eigenvalue weighted by atomic mass is 32.2. The lowest BCUT2D eigenvalue weighted by Gasteiger charge is -2.14. The summed E-state index contributed by atoms with van der Waals surface area (Å²) in [5.41, 5.74) is 0.369. The lowest BCUT2D eigenvalue weighted by Crippen LogP contribution is -2.32. The maximum Gasteiger partial charge on any atom is 0.229 e. The van der Waals surface area contributed by atoms with E-state index in [1.54, 1.807) is 0 Å². The molecule has 8 heteroatoms. The first-order valence-electron chi connectivity index (χ1n) is 5.10. The second kappa shape index (κ2) is 4.36. The van der Waals surface area contributed by atoms with Crippen molar-refractivity contribution in [3.8, 4) is 6.07 Å². The number of amides is 1. The minimum atomic E-state index is -3.73. The van der Waals surface area contributed by atoms with Crippen molar-refractivity contribution in [2.45, 2.75) is 11.7 Å². The fourth-order valence-corrected chi connectivity index (χ4v) is 2.46. The van der Waals surface area contributed by atoms with Crippen LogP contribution in [0.2, 0.25) is 0 Å². The molecule has 1 aliphatic heterocycles. The van der Waals surface area contributed by atoms with E-state index in [1.165, 1.54) is 23.2 Å². The molecule has 1 aromatic heterocycles. The Labute approximate surface area is 104 Å². The fraction of sp³-hybridized carbons (Fsp3) is 0.300. The maximum atomic E-state index is 11.7. The summed E-state index contributed by atoms with van der Waals surface area (Å²) in [5.74, 6) is -0.0172. The van der Waals surface area contributed by atoms with Gasteiger partial charge in [0.2, 0.25) is 15.9 Å². The molecule has 2 rings (SSSR count). The van der Waals surface area contributed by atoms with Gasteiger partial charge in [-0.2, -0.15) is 5.26 Å². The SMILES string of the molecule is N#Cc1ccc(N2CC(S(N)(=O)=O)CC2=O)nc1. The number of aromatic nitrogens is 1. The zero-order valence-electron chi connectivity index (χ0n) is 9.28. The zero-order valence-corrected chi connectivity index (χ0v) is 10.1. The molecule has 1 unspecified atom stereocenters. The van der Waals surface area contributed by atoms with Gasteiger partial charge in [-0.05, 0) is 12.1 Å². The third kappa shape index (κ3) is 2.32. The predicted molar refractivity (Wildman–Crippen MR) is 62.8 cm³/mol. The molecule has 1 atom stereocenters. The Hall–Kier alpha value is -1.98. The van der Waals surface area contributed by atoms with Crippen LogP contribution in [0.25, 0.3) is 0 Å². The molecule has 7 nitrogen and oxygen atoms in total. The van der Waals surface area contributed by atoms with Crippen LogP contribution in [0, 0.1) is 11.3 Å². The van der Waals surface area contributed by atoms with Crippen molar-refractivity contribution < 1.29 is 13.2 Å². The Morgan fingerprint density at radius 1 is 1.50 bits per heavy atom. The smallest absolute Gasteiger partial charge is 0.229 e. The van der Waals surface area contributed by atoms with Crippen LogP contribution in [0.1, 0.15) is 12.0 Å². The van der Waals surface area contributed by atoms with E-state index >= 15 is 0 Å². The van der Waals surface area contributed by atoms with E-state index in [2.05, 4.69) is 4.98 Å². The number of nitrogens with two attached hydrogens (primary N) is 1. The van der Waals surface area contributed by atoms with E-state index in [1.807, 2.05) is 6.07 Å². The summed E-state index contributed by atoms with van der Waals surface area (Å²) in [5, 5.41) is 12.7. The van der Waals surface area contributed by atoms with Gasteiger partial charge in [0, 0.05) is 19.2 Å². The predicted octanol–water partition coefficient (Wildman–Crippen LogP) is -0.653. The first-order valence-corrected chi connectivity index (χ1v) is 6.71. The third-order valence-electron chi connectivity index (χ3n) is 2.71. The zero-order chi connectivity index (χ0) is 13.3. The number of hydrogen-bond donors (Lipinski definition) is 1. The number of hydrogen-bond acceptors (Lipinski definition) is 5. The topological polar surface area (TPSA) is 117 Å². The Bertz CT molecular complexity index is 618. The number of anilines is 1. The molecule has 0 aliphatic carbocycles. The van der Waals surface area contributed by atoms with Gasteiger partial charge >= 0.3 is 0 Å².